The standard InChI is InChI=1S/C17H21N5O4/c1-13-18-16(22(24)25)11-21(13)12-17(23)20-9-7-19(8-10-20)14-3-5-15(26-2)6-4-14/h3-6,11H,7-10,12H2,1-2H3. The minimum Gasteiger partial charge on any atom is -0.497 e. The first kappa shape index (κ1) is 17.7. The normalized spacial score (nSPS) is 14.4. The highest BCUT2D eigenvalue weighted by molar-refractivity contribution is 5.76. The summed E-state index contributed by atoms with van der Waals surface area (Å²) in [6.45, 7) is 4.42. The number of aromatic nitrogens is 2. The second-order valence-electron chi connectivity index (χ2n) is 6.10. The monoisotopic (exact) mass is 359 g/mol. The molecule has 0 N–H and O–H groups in total. The molecule has 9 nitrogen and oxygen atoms in total. The molecule has 1 fully saturated rings. The number of imidazole rings is 1. The maximum Gasteiger partial charge on any atom is 0.381 e. The van der Waals surface area contributed by atoms with Gasteiger partial charge in [-0.2, -0.15) is 0 Å². The Morgan fingerprint density at radius 2 is 1.88 bits per heavy atom. The van der Waals surface area contributed by atoms with Crippen LogP contribution in [0.25, 0.3) is 0 Å². The first-order valence-electron chi connectivity index (χ1n) is 8.33. The Labute approximate surface area is 150 Å². The van der Waals surface area contributed by atoms with Gasteiger partial charge >= 0.3 is 5.82 Å². The van der Waals surface area contributed by atoms with Crippen LogP contribution in [0.3, 0.4) is 0 Å². The number of carbonyl (C=O) groups is 1. The van der Waals surface area contributed by atoms with Gasteiger partial charge in [0.2, 0.25) is 11.7 Å². The lowest BCUT2D eigenvalue weighted by Crippen LogP contribution is -2.49. The van der Waals surface area contributed by atoms with Crippen LogP contribution in [-0.2, 0) is 11.3 Å². The lowest BCUT2D eigenvalue weighted by Gasteiger charge is -2.36. The Hall–Kier alpha value is -3.10. The zero-order valence-corrected chi connectivity index (χ0v) is 14.8. The van der Waals surface area contributed by atoms with Crippen molar-refractivity contribution in [1.82, 2.24) is 14.5 Å². The molecule has 1 aliphatic heterocycles. The van der Waals surface area contributed by atoms with E-state index >= 15 is 0 Å². The van der Waals surface area contributed by atoms with Crippen LogP contribution in [0.5, 0.6) is 5.75 Å². The van der Waals surface area contributed by atoms with Crippen molar-refractivity contribution >= 4 is 17.4 Å². The maximum atomic E-state index is 12.5. The van der Waals surface area contributed by atoms with Gasteiger partial charge in [-0.1, -0.05) is 0 Å². The van der Waals surface area contributed by atoms with Crippen molar-refractivity contribution in [2.45, 2.75) is 13.5 Å². The summed E-state index contributed by atoms with van der Waals surface area (Å²) in [6, 6.07) is 7.85. The fourth-order valence-corrected chi connectivity index (χ4v) is 2.99. The number of methoxy groups -OCH3 is 1. The number of amides is 1. The molecule has 1 aromatic carbocycles. The number of nitrogens with zero attached hydrogens (tertiary/aromatic N) is 5. The van der Waals surface area contributed by atoms with Crippen LogP contribution in [-0.4, -0.2) is 58.6 Å². The van der Waals surface area contributed by atoms with Gasteiger partial charge in [0.25, 0.3) is 0 Å². The molecule has 9 heteroatoms. The fourth-order valence-electron chi connectivity index (χ4n) is 2.99. The van der Waals surface area contributed by atoms with Gasteiger partial charge in [-0.3, -0.25) is 9.36 Å². The summed E-state index contributed by atoms with van der Waals surface area (Å²) >= 11 is 0. The average Bonchev–Trinajstić information content (AvgIpc) is 3.03. The number of carbonyl (C=O) groups excluding carboxylic acids is 1. The van der Waals surface area contributed by atoms with Gasteiger partial charge < -0.3 is 24.7 Å². The lowest BCUT2D eigenvalue weighted by molar-refractivity contribution is -0.389. The Morgan fingerprint density at radius 1 is 1.23 bits per heavy atom. The number of rotatable bonds is 5. The first-order valence-corrected chi connectivity index (χ1v) is 8.33. The Morgan fingerprint density at radius 3 is 2.42 bits per heavy atom. The van der Waals surface area contributed by atoms with E-state index in [9.17, 15) is 14.9 Å². The molecular weight excluding hydrogens is 338 g/mol. The molecule has 0 unspecified atom stereocenters. The molecule has 138 valence electrons. The SMILES string of the molecule is COc1ccc(N2CCN(C(=O)Cn3cc([N+](=O)[O-])nc3C)CC2)cc1. The molecule has 1 aliphatic rings. The number of ether oxygens (including phenoxy) is 1. The van der Waals surface area contributed by atoms with E-state index in [2.05, 4.69) is 9.88 Å². The van der Waals surface area contributed by atoms with Gasteiger partial charge in [0, 0.05) is 38.8 Å². The van der Waals surface area contributed by atoms with E-state index in [0.29, 0.717) is 18.9 Å². The van der Waals surface area contributed by atoms with E-state index in [1.165, 1.54) is 10.8 Å². The van der Waals surface area contributed by atoms with Gasteiger partial charge in [-0.25, -0.2) is 0 Å². The average molecular weight is 359 g/mol. The van der Waals surface area contributed by atoms with Crippen molar-refractivity contribution in [3.8, 4) is 5.75 Å². The highest BCUT2D eigenvalue weighted by Gasteiger charge is 2.23. The van der Waals surface area contributed by atoms with Crippen molar-refractivity contribution < 1.29 is 14.5 Å². The van der Waals surface area contributed by atoms with Crippen LogP contribution in [0, 0.1) is 17.0 Å². The van der Waals surface area contributed by atoms with Crippen molar-refractivity contribution in [3.05, 3.63) is 46.4 Å². The van der Waals surface area contributed by atoms with Gasteiger partial charge in [-0.05, 0) is 34.2 Å². The smallest absolute Gasteiger partial charge is 0.381 e. The molecule has 0 atom stereocenters. The van der Waals surface area contributed by atoms with E-state index in [4.69, 9.17) is 4.74 Å². The zero-order valence-electron chi connectivity index (χ0n) is 14.8. The zero-order chi connectivity index (χ0) is 18.7. The maximum absolute atomic E-state index is 12.5. The highest BCUT2D eigenvalue weighted by atomic mass is 16.6. The lowest BCUT2D eigenvalue weighted by atomic mass is 10.2. The van der Waals surface area contributed by atoms with Gasteiger partial charge in [0.1, 0.15) is 18.5 Å². The molecule has 26 heavy (non-hydrogen) atoms. The molecule has 2 aromatic rings. The number of piperazine rings is 1. The largest absolute Gasteiger partial charge is 0.497 e. The Balaban J connectivity index is 1.57. The quantitative estimate of drug-likeness (QED) is 0.593. The van der Waals surface area contributed by atoms with Gasteiger partial charge in [0.05, 0.1) is 7.11 Å². The molecule has 1 amide bonds. The summed E-state index contributed by atoms with van der Waals surface area (Å²) < 4.78 is 6.69. The second kappa shape index (κ2) is 7.42. The van der Waals surface area contributed by atoms with E-state index in [0.717, 1.165) is 24.5 Å². The van der Waals surface area contributed by atoms with Crippen molar-refractivity contribution in [3.63, 3.8) is 0 Å². The second-order valence-corrected chi connectivity index (χ2v) is 6.10. The van der Waals surface area contributed by atoms with E-state index in [-0.39, 0.29) is 18.3 Å². The van der Waals surface area contributed by atoms with Gasteiger partial charge in [-0.15, -0.1) is 0 Å². The summed E-state index contributed by atoms with van der Waals surface area (Å²) in [5.74, 6) is 0.976. The first-order chi connectivity index (χ1) is 12.5. The number of benzene rings is 1. The summed E-state index contributed by atoms with van der Waals surface area (Å²) in [6.07, 6.45) is 1.31. The third kappa shape index (κ3) is 3.76. The minimum absolute atomic E-state index is 0.0604. The number of nitro groups is 1. The minimum atomic E-state index is -0.554. The van der Waals surface area contributed by atoms with E-state index in [1.807, 2.05) is 24.3 Å². The Bertz CT molecular complexity index is 794. The van der Waals surface area contributed by atoms with Crippen molar-refractivity contribution in [2.24, 2.45) is 0 Å². The molecule has 0 spiro atoms. The molecule has 1 aromatic heterocycles. The Kier molecular flexibility index (Phi) is 5.06. The van der Waals surface area contributed by atoms with Crippen LogP contribution in [0.2, 0.25) is 0 Å². The summed E-state index contributed by atoms with van der Waals surface area (Å²) in [5, 5.41) is 10.8. The number of hydrogen-bond acceptors (Lipinski definition) is 6. The molecule has 0 aliphatic carbocycles. The molecule has 0 radical (unpaired) electrons. The number of hydrogen-bond donors (Lipinski definition) is 0. The summed E-state index contributed by atoms with van der Waals surface area (Å²) in [4.78, 5) is 30.6. The van der Waals surface area contributed by atoms with Crippen LogP contribution in [0.1, 0.15) is 5.82 Å². The summed E-state index contributed by atoms with van der Waals surface area (Å²) in [5.41, 5.74) is 1.10. The molecule has 1 saturated heterocycles. The summed E-state index contributed by atoms with van der Waals surface area (Å²) in [7, 11) is 1.63. The van der Waals surface area contributed by atoms with Crippen LogP contribution in [0.4, 0.5) is 11.5 Å². The van der Waals surface area contributed by atoms with Crippen molar-refractivity contribution in [2.75, 3.05) is 38.2 Å². The molecule has 0 saturated carbocycles. The van der Waals surface area contributed by atoms with Crippen LogP contribution in [0.15, 0.2) is 30.5 Å². The third-order valence-corrected chi connectivity index (χ3v) is 4.53. The van der Waals surface area contributed by atoms with Crippen LogP contribution >= 0.6 is 0 Å². The van der Waals surface area contributed by atoms with E-state index < -0.39 is 4.92 Å². The van der Waals surface area contributed by atoms with Gasteiger partial charge in [0.15, 0.2) is 0 Å². The predicted octanol–water partition coefficient (Wildman–Crippen LogP) is 1.46. The molecular formula is C17H21N5O4. The molecule has 2 heterocycles. The molecule has 3 rings (SSSR count). The third-order valence-electron chi connectivity index (χ3n) is 4.53. The topological polar surface area (TPSA) is 93.7 Å². The van der Waals surface area contributed by atoms with E-state index in [1.54, 1.807) is 18.9 Å². The molecule has 0 bridgehead atoms. The van der Waals surface area contributed by atoms with Crippen molar-refractivity contribution in [1.29, 1.82) is 0 Å². The fraction of sp³-hybridized carbons (Fsp3) is 0.412. The number of anilines is 1. The highest BCUT2D eigenvalue weighted by Crippen LogP contribution is 2.20. The number of aryl methyl sites for hydroxylation is 1. The predicted molar refractivity (Wildman–Crippen MR) is 95.4 cm³/mol. The van der Waals surface area contributed by atoms with Crippen LogP contribution < -0.4 is 9.64 Å².